The van der Waals surface area contributed by atoms with Crippen LogP contribution in [0.3, 0.4) is 0 Å². The average molecular weight is 672 g/mol. The standard InChI is InChI=1S/C28H43N5O10P2/c1-19-11-21(25(34)23(13-19)27(36)30-17-44(38,39)40)15-32-7-3-5-29-6-4-8-33(10-9-32)16-22-12-20(2)14-24(26(22)35)28(37)31-18-45(41,42)43/h11-14,29,34-35H,3-10,15-18H2,1-2H3,(H,30,36)(H,31,37)(H2,38,39,40)(H2,41,42,43). The second kappa shape index (κ2) is 16.1. The highest BCUT2D eigenvalue weighted by molar-refractivity contribution is 7.52. The van der Waals surface area contributed by atoms with Crippen molar-refractivity contribution in [2.45, 2.75) is 39.8 Å². The van der Waals surface area contributed by atoms with Crippen LogP contribution in [0.25, 0.3) is 0 Å². The summed E-state index contributed by atoms with van der Waals surface area (Å²) in [5.74, 6) is -2.10. The molecule has 1 aliphatic rings. The maximum absolute atomic E-state index is 12.6. The van der Waals surface area contributed by atoms with E-state index >= 15 is 0 Å². The van der Waals surface area contributed by atoms with Gasteiger partial charge < -0.3 is 45.7 Å². The first kappa shape index (κ1) is 36.6. The third-order valence-electron chi connectivity index (χ3n) is 7.22. The molecule has 2 aromatic rings. The Morgan fingerprint density at radius 3 is 1.44 bits per heavy atom. The molecule has 0 spiro atoms. The zero-order valence-corrected chi connectivity index (χ0v) is 27.2. The van der Waals surface area contributed by atoms with Crippen molar-refractivity contribution >= 4 is 27.0 Å². The molecule has 17 heteroatoms. The Labute approximate surface area is 262 Å². The Hall–Kier alpha value is -2.84. The number of carbonyl (C=O) groups is 2. The van der Waals surface area contributed by atoms with Crippen LogP contribution in [0.4, 0.5) is 0 Å². The van der Waals surface area contributed by atoms with Gasteiger partial charge in [-0.25, -0.2) is 0 Å². The van der Waals surface area contributed by atoms with Crippen LogP contribution in [0.2, 0.25) is 0 Å². The second-order valence-corrected chi connectivity index (χ2v) is 14.6. The van der Waals surface area contributed by atoms with Crippen molar-refractivity contribution in [1.29, 1.82) is 0 Å². The number of aromatic hydroxyl groups is 2. The van der Waals surface area contributed by atoms with Crippen molar-refractivity contribution in [1.82, 2.24) is 25.8 Å². The maximum atomic E-state index is 12.6. The van der Waals surface area contributed by atoms with E-state index in [0.717, 1.165) is 25.9 Å². The summed E-state index contributed by atoms with van der Waals surface area (Å²) in [6.07, 6.45) is -0.0406. The molecule has 9 N–H and O–H groups in total. The van der Waals surface area contributed by atoms with Gasteiger partial charge in [0.25, 0.3) is 11.8 Å². The predicted molar refractivity (Wildman–Crippen MR) is 167 cm³/mol. The van der Waals surface area contributed by atoms with Crippen LogP contribution < -0.4 is 16.0 Å². The summed E-state index contributed by atoms with van der Waals surface area (Å²) in [5.41, 5.74) is 2.23. The molecular weight excluding hydrogens is 628 g/mol. The van der Waals surface area contributed by atoms with E-state index < -0.39 is 39.6 Å². The number of phenols is 2. The van der Waals surface area contributed by atoms with Crippen molar-refractivity contribution in [3.63, 3.8) is 0 Å². The predicted octanol–water partition coefficient (Wildman–Crippen LogP) is 1.13. The third-order valence-corrected chi connectivity index (χ3v) is 8.36. The monoisotopic (exact) mass is 671 g/mol. The first-order chi connectivity index (χ1) is 21.0. The fourth-order valence-electron chi connectivity index (χ4n) is 5.12. The van der Waals surface area contributed by atoms with Gasteiger partial charge in [-0.2, -0.15) is 0 Å². The minimum atomic E-state index is -4.48. The molecule has 0 unspecified atom stereocenters. The summed E-state index contributed by atoms with van der Waals surface area (Å²) in [4.78, 5) is 65.9. The molecule has 0 bridgehead atoms. The first-order valence-corrected chi connectivity index (χ1v) is 18.1. The molecule has 1 fully saturated rings. The van der Waals surface area contributed by atoms with Crippen molar-refractivity contribution in [3.8, 4) is 11.5 Å². The van der Waals surface area contributed by atoms with E-state index in [1.807, 2.05) is 0 Å². The summed E-state index contributed by atoms with van der Waals surface area (Å²) in [5, 5.41) is 29.7. The molecule has 15 nitrogen and oxygen atoms in total. The van der Waals surface area contributed by atoms with Gasteiger partial charge in [0.1, 0.15) is 24.1 Å². The highest BCUT2D eigenvalue weighted by Crippen LogP contribution is 2.34. The zero-order chi connectivity index (χ0) is 33.4. The van der Waals surface area contributed by atoms with E-state index in [9.17, 15) is 28.9 Å². The van der Waals surface area contributed by atoms with Crippen molar-refractivity contribution in [2.75, 3.05) is 51.8 Å². The molecule has 2 aromatic carbocycles. The minimum absolute atomic E-state index is 0.0739. The molecular formula is C28H43N5O10P2. The van der Waals surface area contributed by atoms with Gasteiger partial charge in [0.2, 0.25) is 0 Å². The van der Waals surface area contributed by atoms with E-state index in [4.69, 9.17) is 19.6 Å². The Bertz CT molecular complexity index is 1350. The lowest BCUT2D eigenvalue weighted by molar-refractivity contribution is 0.0946. The Balaban J connectivity index is 1.79. The third kappa shape index (κ3) is 12.1. The molecule has 1 heterocycles. The summed E-state index contributed by atoms with van der Waals surface area (Å²) < 4.78 is 22.4. The van der Waals surface area contributed by atoms with Crippen LogP contribution in [0.1, 0.15) is 55.8 Å². The van der Waals surface area contributed by atoms with Gasteiger partial charge in [0.05, 0.1) is 11.1 Å². The molecule has 0 saturated carbocycles. The quantitative estimate of drug-likeness (QED) is 0.162. The van der Waals surface area contributed by atoms with Crippen molar-refractivity contribution in [2.24, 2.45) is 0 Å². The number of nitrogens with one attached hydrogen (secondary N) is 3. The maximum Gasteiger partial charge on any atom is 0.344 e. The number of hydrogen-bond acceptors (Lipinski definition) is 9. The Morgan fingerprint density at radius 2 is 1.09 bits per heavy atom. The van der Waals surface area contributed by atoms with Crippen LogP contribution in [0, 0.1) is 13.8 Å². The number of carbonyl (C=O) groups excluding carboxylic acids is 2. The molecule has 1 saturated heterocycles. The SMILES string of the molecule is Cc1cc(CN2CCCNCCCN(Cc3cc(C)cc(C(=O)NCP(=O)(O)O)c3O)CC2)c(O)c(C(=O)NCP(=O)(O)O)c1. The summed E-state index contributed by atoms with van der Waals surface area (Å²) in [6, 6.07) is 6.45. The van der Waals surface area contributed by atoms with Gasteiger partial charge in [0, 0.05) is 37.3 Å². The van der Waals surface area contributed by atoms with E-state index in [-0.39, 0.29) is 22.6 Å². The number of benzene rings is 2. The fourth-order valence-corrected chi connectivity index (χ4v) is 5.82. The van der Waals surface area contributed by atoms with E-state index in [2.05, 4.69) is 25.8 Å². The molecule has 0 aromatic heterocycles. The van der Waals surface area contributed by atoms with Crippen LogP contribution >= 0.6 is 15.2 Å². The lowest BCUT2D eigenvalue weighted by atomic mass is 10.0. The Morgan fingerprint density at radius 1 is 0.711 bits per heavy atom. The van der Waals surface area contributed by atoms with Gasteiger partial charge in [-0.05, 0) is 76.1 Å². The molecule has 3 rings (SSSR count). The van der Waals surface area contributed by atoms with Crippen LogP contribution in [0.15, 0.2) is 24.3 Å². The minimum Gasteiger partial charge on any atom is -0.507 e. The highest BCUT2D eigenvalue weighted by Gasteiger charge is 2.23. The van der Waals surface area contributed by atoms with E-state index in [1.54, 1.807) is 26.0 Å². The fraction of sp³-hybridized carbons (Fsp3) is 0.500. The molecule has 250 valence electrons. The van der Waals surface area contributed by atoms with Crippen molar-refractivity contribution < 1.29 is 48.5 Å². The summed E-state index contributed by atoms with van der Waals surface area (Å²) >= 11 is 0. The van der Waals surface area contributed by atoms with Crippen molar-refractivity contribution in [3.05, 3.63) is 57.6 Å². The average Bonchev–Trinajstić information content (AvgIpc) is 2.99. The van der Waals surface area contributed by atoms with Gasteiger partial charge in [0.15, 0.2) is 0 Å². The molecule has 0 aliphatic carbocycles. The number of rotatable bonds is 10. The lowest BCUT2D eigenvalue weighted by Crippen LogP contribution is -2.36. The number of amides is 2. The molecule has 1 aliphatic heterocycles. The van der Waals surface area contributed by atoms with Gasteiger partial charge in [-0.3, -0.25) is 28.5 Å². The lowest BCUT2D eigenvalue weighted by Gasteiger charge is -2.28. The van der Waals surface area contributed by atoms with Gasteiger partial charge in [-0.15, -0.1) is 0 Å². The van der Waals surface area contributed by atoms with Crippen LogP contribution in [-0.4, -0.2) is 103 Å². The van der Waals surface area contributed by atoms with Crippen LogP contribution in [-0.2, 0) is 22.2 Å². The molecule has 45 heavy (non-hydrogen) atoms. The summed E-state index contributed by atoms with van der Waals surface area (Å²) in [7, 11) is -8.96. The normalized spacial score (nSPS) is 16.1. The van der Waals surface area contributed by atoms with Crippen LogP contribution in [0.5, 0.6) is 11.5 Å². The van der Waals surface area contributed by atoms with Gasteiger partial charge in [-0.1, -0.05) is 12.1 Å². The summed E-state index contributed by atoms with van der Waals surface area (Å²) in [6.45, 7) is 8.16. The largest absolute Gasteiger partial charge is 0.507 e. The number of hydrogen-bond donors (Lipinski definition) is 9. The van der Waals surface area contributed by atoms with E-state index in [1.165, 1.54) is 12.1 Å². The smallest absolute Gasteiger partial charge is 0.344 e. The van der Waals surface area contributed by atoms with Gasteiger partial charge >= 0.3 is 15.2 Å². The number of nitrogens with zero attached hydrogens (tertiary/aromatic N) is 2. The number of phenolic OH excluding ortho intramolecular Hbond substituents is 2. The molecule has 2 amide bonds. The topological polar surface area (TPSA) is 232 Å². The number of aryl methyl sites for hydroxylation is 2. The first-order valence-electron chi connectivity index (χ1n) is 14.5. The Kier molecular flexibility index (Phi) is 13.1. The zero-order valence-electron chi connectivity index (χ0n) is 25.4. The van der Waals surface area contributed by atoms with E-state index in [0.29, 0.717) is 61.5 Å². The highest BCUT2D eigenvalue weighted by atomic mass is 31.2. The molecule has 0 atom stereocenters. The molecule has 0 radical (unpaired) electrons. The second-order valence-electron chi connectivity index (χ2n) is 11.3.